The Bertz CT molecular complexity index is 1060. The molecule has 5 rings (SSSR count). The predicted molar refractivity (Wildman–Crippen MR) is 112 cm³/mol. The topological polar surface area (TPSA) is 81.2 Å². The molecule has 0 bridgehead atoms. The van der Waals surface area contributed by atoms with E-state index in [2.05, 4.69) is 15.3 Å². The van der Waals surface area contributed by atoms with Crippen LogP contribution in [0.1, 0.15) is 31.2 Å². The summed E-state index contributed by atoms with van der Waals surface area (Å²) in [4.78, 5) is 21.5. The number of hydrogen-bond donors (Lipinski definition) is 3. The van der Waals surface area contributed by atoms with E-state index in [9.17, 15) is 14.3 Å². The summed E-state index contributed by atoms with van der Waals surface area (Å²) in [7, 11) is 0. The van der Waals surface area contributed by atoms with Crippen molar-refractivity contribution in [2.45, 2.75) is 37.3 Å². The third kappa shape index (κ3) is 3.28. The van der Waals surface area contributed by atoms with E-state index >= 15 is 0 Å². The molecule has 2 aliphatic heterocycles. The third-order valence-electron chi connectivity index (χ3n) is 6.52. The van der Waals surface area contributed by atoms with E-state index in [0.717, 1.165) is 36.1 Å². The van der Waals surface area contributed by atoms with E-state index in [1.165, 1.54) is 6.20 Å². The van der Waals surface area contributed by atoms with Crippen LogP contribution < -0.4 is 5.32 Å². The fraction of sp³-hybridized carbons (Fsp3) is 0.391. The van der Waals surface area contributed by atoms with Crippen molar-refractivity contribution in [1.82, 2.24) is 20.2 Å². The summed E-state index contributed by atoms with van der Waals surface area (Å²) in [6.07, 6.45) is 5.92. The van der Waals surface area contributed by atoms with Gasteiger partial charge in [0.2, 0.25) is 5.91 Å². The summed E-state index contributed by atoms with van der Waals surface area (Å²) >= 11 is 0. The SMILES string of the molecule is O=C(C1CCCN1)N1CCC(O)(c2ccc(-c3ccnc4[nH]cc(F)c34)cc2)CC1. The smallest absolute Gasteiger partial charge is 0.239 e. The third-order valence-corrected chi connectivity index (χ3v) is 6.52. The lowest BCUT2D eigenvalue weighted by molar-refractivity contribution is -0.137. The molecule has 0 aliphatic carbocycles. The summed E-state index contributed by atoms with van der Waals surface area (Å²) in [5, 5.41) is 14.9. The molecule has 4 heterocycles. The summed E-state index contributed by atoms with van der Waals surface area (Å²) in [6, 6.07) is 9.36. The molecule has 1 atom stereocenters. The first-order valence-electron chi connectivity index (χ1n) is 10.5. The fourth-order valence-corrected chi connectivity index (χ4v) is 4.72. The Hall–Kier alpha value is -2.77. The van der Waals surface area contributed by atoms with Gasteiger partial charge in [0.25, 0.3) is 0 Å². The molecule has 0 radical (unpaired) electrons. The molecular weight excluding hydrogens is 383 g/mol. The van der Waals surface area contributed by atoms with Gasteiger partial charge in [-0.25, -0.2) is 9.37 Å². The quantitative estimate of drug-likeness (QED) is 0.623. The minimum absolute atomic E-state index is 0.0681. The first-order chi connectivity index (χ1) is 14.5. The predicted octanol–water partition coefficient (Wildman–Crippen LogP) is 2.93. The molecule has 2 aromatic heterocycles. The van der Waals surface area contributed by atoms with Crippen LogP contribution in [0.2, 0.25) is 0 Å². The molecule has 1 unspecified atom stereocenters. The van der Waals surface area contributed by atoms with Crippen LogP contribution in [0, 0.1) is 5.82 Å². The second-order valence-electron chi connectivity index (χ2n) is 8.30. The van der Waals surface area contributed by atoms with Gasteiger partial charge in [0.15, 0.2) is 5.82 Å². The van der Waals surface area contributed by atoms with Crippen LogP contribution in [0.4, 0.5) is 4.39 Å². The number of nitrogens with zero attached hydrogens (tertiary/aromatic N) is 2. The Balaban J connectivity index is 1.33. The van der Waals surface area contributed by atoms with E-state index in [1.807, 2.05) is 29.2 Å². The number of aromatic nitrogens is 2. The molecule has 3 N–H and O–H groups in total. The number of nitrogens with one attached hydrogen (secondary N) is 2. The molecule has 30 heavy (non-hydrogen) atoms. The molecule has 2 fully saturated rings. The number of benzene rings is 1. The van der Waals surface area contributed by atoms with Crippen LogP contribution in [-0.2, 0) is 10.4 Å². The van der Waals surface area contributed by atoms with Crippen LogP contribution in [0.3, 0.4) is 0 Å². The van der Waals surface area contributed by atoms with E-state index in [-0.39, 0.29) is 17.8 Å². The summed E-state index contributed by atoms with van der Waals surface area (Å²) in [5.41, 5.74) is 2.03. The number of carbonyl (C=O) groups excluding carboxylic acids is 1. The van der Waals surface area contributed by atoms with Crippen molar-refractivity contribution in [2.24, 2.45) is 0 Å². The Kier molecular flexibility index (Phi) is 4.79. The molecule has 6 nitrogen and oxygen atoms in total. The molecule has 0 spiro atoms. The monoisotopic (exact) mass is 408 g/mol. The van der Waals surface area contributed by atoms with Crippen molar-refractivity contribution in [2.75, 3.05) is 19.6 Å². The molecule has 1 aromatic carbocycles. The van der Waals surface area contributed by atoms with E-state index in [4.69, 9.17) is 0 Å². The Labute approximate surface area is 174 Å². The van der Waals surface area contributed by atoms with Gasteiger partial charge < -0.3 is 20.3 Å². The van der Waals surface area contributed by atoms with Crippen LogP contribution in [-0.4, -0.2) is 51.6 Å². The zero-order valence-electron chi connectivity index (χ0n) is 16.7. The Morgan fingerprint density at radius 2 is 1.97 bits per heavy atom. The fourth-order valence-electron chi connectivity index (χ4n) is 4.72. The molecule has 2 saturated heterocycles. The highest BCUT2D eigenvalue weighted by atomic mass is 19.1. The molecular formula is C23H25FN4O2. The number of piperidine rings is 1. The van der Waals surface area contributed by atoms with Crippen molar-refractivity contribution in [1.29, 1.82) is 0 Å². The van der Waals surface area contributed by atoms with Gasteiger partial charge in [0.05, 0.1) is 17.0 Å². The van der Waals surface area contributed by atoms with Gasteiger partial charge in [-0.1, -0.05) is 24.3 Å². The zero-order chi connectivity index (χ0) is 20.7. The lowest BCUT2D eigenvalue weighted by Gasteiger charge is -2.39. The van der Waals surface area contributed by atoms with Gasteiger partial charge in [-0.15, -0.1) is 0 Å². The summed E-state index contributed by atoms with van der Waals surface area (Å²) in [5.74, 6) is -0.176. The van der Waals surface area contributed by atoms with Gasteiger partial charge in [0, 0.05) is 25.5 Å². The minimum atomic E-state index is -0.953. The molecule has 2 aliphatic rings. The number of likely N-dealkylation sites (tertiary alicyclic amines) is 1. The van der Waals surface area contributed by atoms with E-state index in [0.29, 0.717) is 37.0 Å². The van der Waals surface area contributed by atoms with Crippen molar-refractivity contribution < 1.29 is 14.3 Å². The van der Waals surface area contributed by atoms with Crippen molar-refractivity contribution in [3.63, 3.8) is 0 Å². The maximum absolute atomic E-state index is 14.2. The number of fused-ring (bicyclic) bond motifs is 1. The molecule has 0 saturated carbocycles. The van der Waals surface area contributed by atoms with Gasteiger partial charge >= 0.3 is 0 Å². The maximum atomic E-state index is 14.2. The maximum Gasteiger partial charge on any atom is 0.239 e. The first-order valence-corrected chi connectivity index (χ1v) is 10.5. The van der Waals surface area contributed by atoms with Gasteiger partial charge in [0.1, 0.15) is 5.65 Å². The first kappa shape index (κ1) is 19.2. The average molecular weight is 408 g/mol. The molecule has 7 heteroatoms. The van der Waals surface area contributed by atoms with Crippen LogP contribution in [0.5, 0.6) is 0 Å². The lowest BCUT2D eigenvalue weighted by atomic mass is 9.83. The number of carbonyl (C=O) groups is 1. The standard InChI is InChI=1S/C23H25FN4O2/c24-18-14-27-21-20(18)17(7-11-26-21)15-3-5-16(6-4-15)23(30)8-12-28(13-9-23)22(29)19-2-1-10-25-19/h3-7,11,14,19,25,30H,1-2,8-10,12-13H2,(H,26,27). The van der Waals surface area contributed by atoms with Gasteiger partial charge in [-0.05, 0) is 55.0 Å². The number of rotatable bonds is 3. The number of aliphatic hydroxyl groups is 1. The van der Waals surface area contributed by atoms with Crippen molar-refractivity contribution in [3.05, 3.63) is 54.1 Å². The Morgan fingerprint density at radius 1 is 1.20 bits per heavy atom. The highest BCUT2D eigenvalue weighted by Gasteiger charge is 2.37. The van der Waals surface area contributed by atoms with Crippen LogP contribution >= 0.6 is 0 Å². The second-order valence-corrected chi connectivity index (χ2v) is 8.30. The average Bonchev–Trinajstić information content (AvgIpc) is 3.44. The number of amides is 1. The molecule has 156 valence electrons. The molecule has 3 aromatic rings. The van der Waals surface area contributed by atoms with Gasteiger partial charge in [-0.3, -0.25) is 4.79 Å². The van der Waals surface area contributed by atoms with Crippen LogP contribution in [0.15, 0.2) is 42.7 Å². The van der Waals surface area contributed by atoms with E-state index in [1.54, 1.807) is 12.3 Å². The highest BCUT2D eigenvalue weighted by Crippen LogP contribution is 2.35. The van der Waals surface area contributed by atoms with E-state index < -0.39 is 5.60 Å². The minimum Gasteiger partial charge on any atom is -0.385 e. The highest BCUT2D eigenvalue weighted by molar-refractivity contribution is 5.93. The number of hydrogen-bond acceptors (Lipinski definition) is 4. The molecule has 1 amide bonds. The second kappa shape index (κ2) is 7.49. The summed E-state index contributed by atoms with van der Waals surface area (Å²) in [6.45, 7) is 2.00. The number of aromatic amines is 1. The largest absolute Gasteiger partial charge is 0.385 e. The Morgan fingerprint density at radius 3 is 2.67 bits per heavy atom. The number of pyridine rings is 1. The summed E-state index contributed by atoms with van der Waals surface area (Å²) < 4.78 is 14.2. The van der Waals surface area contributed by atoms with Crippen molar-refractivity contribution in [3.8, 4) is 11.1 Å². The number of halogens is 1. The normalized spacial score (nSPS) is 21.3. The van der Waals surface area contributed by atoms with Gasteiger partial charge in [-0.2, -0.15) is 0 Å². The lowest BCUT2D eigenvalue weighted by Crippen LogP contribution is -2.50. The van der Waals surface area contributed by atoms with Crippen LogP contribution in [0.25, 0.3) is 22.2 Å². The zero-order valence-corrected chi connectivity index (χ0v) is 16.7. The van der Waals surface area contributed by atoms with Crippen molar-refractivity contribution >= 4 is 16.9 Å². The number of H-pyrrole nitrogens is 1.